The highest BCUT2D eigenvalue weighted by atomic mass is 19.2. The molecule has 0 atom stereocenters. The first kappa shape index (κ1) is 10.5. The number of aromatic nitrogens is 2. The molecule has 1 aromatic heterocycles. The van der Waals surface area contributed by atoms with Gasteiger partial charge >= 0.3 is 0 Å². The second kappa shape index (κ2) is 3.88. The van der Waals surface area contributed by atoms with Crippen molar-refractivity contribution >= 4 is 5.95 Å². The van der Waals surface area contributed by atoms with Gasteiger partial charge in [0.1, 0.15) is 0 Å². The van der Waals surface area contributed by atoms with Crippen molar-refractivity contribution in [1.82, 2.24) is 9.55 Å². The number of anilines is 1. The highest BCUT2D eigenvalue weighted by Crippen LogP contribution is 2.19. The Morgan fingerprint density at radius 2 is 1.81 bits per heavy atom. The fraction of sp³-hybridized carbons (Fsp3) is 0.100. The summed E-state index contributed by atoms with van der Waals surface area (Å²) in [7, 11) is 1.62. The van der Waals surface area contributed by atoms with Crippen molar-refractivity contribution in [2.45, 2.75) is 0 Å². The third-order valence-electron chi connectivity index (χ3n) is 2.11. The average Bonchev–Trinajstić information content (AvgIpc) is 2.73. The first-order chi connectivity index (χ1) is 7.63. The van der Waals surface area contributed by atoms with Crippen LogP contribution in [-0.4, -0.2) is 16.6 Å². The lowest BCUT2D eigenvalue weighted by Gasteiger charge is -2.07. The minimum Gasteiger partial charge on any atom is -0.358 e. The average molecular weight is 227 g/mol. The Balaban J connectivity index is 2.57. The minimum absolute atomic E-state index is 0.165. The molecule has 0 amide bonds. The molecule has 0 saturated heterocycles. The molecule has 0 fully saturated rings. The predicted octanol–water partition coefficient (Wildman–Crippen LogP) is 2.33. The summed E-state index contributed by atoms with van der Waals surface area (Å²) in [5, 5.41) is 2.74. The van der Waals surface area contributed by atoms with Crippen LogP contribution in [0, 0.1) is 17.5 Å². The smallest absolute Gasteiger partial charge is 0.207 e. The van der Waals surface area contributed by atoms with Gasteiger partial charge in [-0.05, 0) is 0 Å². The number of nitrogens with one attached hydrogen (secondary N) is 1. The van der Waals surface area contributed by atoms with Crippen LogP contribution in [0.4, 0.5) is 19.1 Å². The van der Waals surface area contributed by atoms with E-state index >= 15 is 0 Å². The third kappa shape index (κ3) is 1.62. The zero-order chi connectivity index (χ0) is 11.7. The molecule has 1 aromatic carbocycles. The number of halogens is 3. The maximum absolute atomic E-state index is 13.0. The SMILES string of the molecule is CNc1nccn1-c1cc(F)c(F)c(F)c1. The van der Waals surface area contributed by atoms with Crippen LogP contribution in [-0.2, 0) is 0 Å². The summed E-state index contributed by atoms with van der Waals surface area (Å²) < 4.78 is 40.1. The van der Waals surface area contributed by atoms with Gasteiger partial charge in [-0.3, -0.25) is 4.57 Å². The number of nitrogens with zero attached hydrogens (tertiary/aromatic N) is 2. The van der Waals surface area contributed by atoms with E-state index in [1.807, 2.05) is 0 Å². The van der Waals surface area contributed by atoms with Crippen molar-refractivity contribution in [2.75, 3.05) is 12.4 Å². The van der Waals surface area contributed by atoms with Crippen molar-refractivity contribution < 1.29 is 13.2 Å². The second-order valence-electron chi connectivity index (χ2n) is 3.09. The first-order valence-electron chi connectivity index (χ1n) is 4.49. The van der Waals surface area contributed by atoms with E-state index < -0.39 is 17.5 Å². The Morgan fingerprint density at radius 1 is 1.19 bits per heavy atom. The van der Waals surface area contributed by atoms with Crippen LogP contribution in [0.25, 0.3) is 5.69 Å². The largest absolute Gasteiger partial charge is 0.358 e. The zero-order valence-electron chi connectivity index (χ0n) is 8.34. The normalized spacial score (nSPS) is 10.5. The molecular weight excluding hydrogens is 219 g/mol. The molecule has 84 valence electrons. The van der Waals surface area contributed by atoms with Crippen LogP contribution in [0.2, 0.25) is 0 Å². The molecule has 6 heteroatoms. The molecule has 16 heavy (non-hydrogen) atoms. The number of rotatable bonds is 2. The minimum atomic E-state index is -1.48. The Bertz CT molecular complexity index is 499. The van der Waals surface area contributed by atoms with Crippen LogP contribution in [0.3, 0.4) is 0 Å². The molecule has 0 aliphatic rings. The second-order valence-corrected chi connectivity index (χ2v) is 3.09. The van der Waals surface area contributed by atoms with Gasteiger partial charge in [0.15, 0.2) is 17.5 Å². The Labute approximate surface area is 89.5 Å². The molecule has 0 saturated carbocycles. The lowest BCUT2D eigenvalue weighted by Crippen LogP contribution is -2.03. The lowest BCUT2D eigenvalue weighted by molar-refractivity contribution is 0.446. The van der Waals surface area contributed by atoms with Crippen molar-refractivity contribution in [3.63, 3.8) is 0 Å². The first-order valence-corrected chi connectivity index (χ1v) is 4.49. The van der Waals surface area contributed by atoms with Crippen molar-refractivity contribution in [3.05, 3.63) is 42.0 Å². The van der Waals surface area contributed by atoms with Crippen LogP contribution in [0.15, 0.2) is 24.5 Å². The summed E-state index contributed by atoms with van der Waals surface area (Å²) in [6.07, 6.45) is 2.98. The number of benzene rings is 1. The van der Waals surface area contributed by atoms with Gasteiger partial charge in [-0.15, -0.1) is 0 Å². The summed E-state index contributed by atoms with van der Waals surface area (Å²) in [6.45, 7) is 0. The molecule has 0 spiro atoms. The van der Waals surface area contributed by atoms with E-state index in [4.69, 9.17) is 0 Å². The van der Waals surface area contributed by atoms with Crippen LogP contribution in [0.5, 0.6) is 0 Å². The highest BCUT2D eigenvalue weighted by molar-refractivity contribution is 5.42. The molecule has 1 heterocycles. The van der Waals surface area contributed by atoms with Crippen molar-refractivity contribution in [2.24, 2.45) is 0 Å². The van der Waals surface area contributed by atoms with Gasteiger partial charge in [-0.25, -0.2) is 18.2 Å². The monoisotopic (exact) mass is 227 g/mol. The Kier molecular flexibility index (Phi) is 2.55. The fourth-order valence-electron chi connectivity index (χ4n) is 1.38. The van der Waals surface area contributed by atoms with E-state index in [2.05, 4.69) is 10.3 Å². The molecule has 0 radical (unpaired) electrons. The summed E-state index contributed by atoms with van der Waals surface area (Å²) >= 11 is 0. The van der Waals surface area contributed by atoms with E-state index in [0.29, 0.717) is 5.95 Å². The topological polar surface area (TPSA) is 29.9 Å². The van der Waals surface area contributed by atoms with Crippen molar-refractivity contribution in [1.29, 1.82) is 0 Å². The zero-order valence-corrected chi connectivity index (χ0v) is 8.34. The summed E-state index contributed by atoms with van der Waals surface area (Å²) in [5.41, 5.74) is 0.165. The van der Waals surface area contributed by atoms with E-state index in [0.717, 1.165) is 12.1 Å². The molecule has 0 aliphatic heterocycles. The molecule has 1 N–H and O–H groups in total. The van der Waals surface area contributed by atoms with Crippen LogP contribution < -0.4 is 5.32 Å². The van der Waals surface area contributed by atoms with E-state index in [9.17, 15) is 13.2 Å². The van der Waals surface area contributed by atoms with Gasteiger partial charge in [0.25, 0.3) is 0 Å². The van der Waals surface area contributed by atoms with Crippen molar-refractivity contribution in [3.8, 4) is 5.69 Å². The maximum atomic E-state index is 13.0. The molecule has 0 unspecified atom stereocenters. The Hall–Kier alpha value is -1.98. The van der Waals surface area contributed by atoms with Gasteiger partial charge in [0, 0.05) is 31.6 Å². The number of hydrogen-bond donors (Lipinski definition) is 1. The van der Waals surface area contributed by atoms with Crippen LogP contribution >= 0.6 is 0 Å². The quantitative estimate of drug-likeness (QED) is 0.798. The molecule has 3 nitrogen and oxygen atoms in total. The molecule has 2 aromatic rings. The van der Waals surface area contributed by atoms with E-state index in [1.54, 1.807) is 7.05 Å². The summed E-state index contributed by atoms with van der Waals surface area (Å²) in [5.74, 6) is -3.53. The van der Waals surface area contributed by atoms with Gasteiger partial charge in [0.2, 0.25) is 5.95 Å². The predicted molar refractivity (Wildman–Crippen MR) is 53.0 cm³/mol. The molecule has 0 bridgehead atoms. The molecule has 0 aliphatic carbocycles. The van der Waals surface area contributed by atoms with Gasteiger partial charge < -0.3 is 5.32 Å². The molecular formula is C10H8F3N3. The van der Waals surface area contributed by atoms with E-state index in [-0.39, 0.29) is 5.69 Å². The highest BCUT2D eigenvalue weighted by Gasteiger charge is 2.12. The van der Waals surface area contributed by atoms with Gasteiger partial charge in [0.05, 0.1) is 5.69 Å². The maximum Gasteiger partial charge on any atom is 0.207 e. The summed E-state index contributed by atoms with van der Waals surface area (Å²) in [6, 6.07) is 1.81. The standard InChI is InChI=1S/C10H8F3N3/c1-14-10-15-2-3-16(10)6-4-7(11)9(13)8(12)5-6/h2-5H,1H3,(H,14,15). The lowest BCUT2D eigenvalue weighted by atomic mass is 10.3. The number of imidazole rings is 1. The van der Waals surface area contributed by atoms with Gasteiger partial charge in [-0.2, -0.15) is 0 Å². The third-order valence-corrected chi connectivity index (χ3v) is 2.11. The summed E-state index contributed by atoms with van der Waals surface area (Å²) in [4.78, 5) is 3.91. The van der Waals surface area contributed by atoms with Gasteiger partial charge in [-0.1, -0.05) is 0 Å². The fourth-order valence-corrected chi connectivity index (χ4v) is 1.38. The van der Waals surface area contributed by atoms with E-state index in [1.165, 1.54) is 17.0 Å². The molecule has 2 rings (SSSR count). The Morgan fingerprint density at radius 3 is 2.38 bits per heavy atom. The van der Waals surface area contributed by atoms with Crippen LogP contribution in [0.1, 0.15) is 0 Å². The number of hydrogen-bond acceptors (Lipinski definition) is 2.